The highest BCUT2D eigenvalue weighted by molar-refractivity contribution is 5.80. The summed E-state index contributed by atoms with van der Waals surface area (Å²) in [6, 6.07) is 0.168. The Hall–Kier alpha value is -0.870. The molecule has 0 spiro atoms. The lowest BCUT2D eigenvalue weighted by molar-refractivity contribution is -0.135. The Kier molecular flexibility index (Phi) is 6.22. The Balaban J connectivity index is 2.56. The molecular weight excluding hydrogens is 216 g/mol. The number of nitrogens with zero attached hydrogens (tertiary/aromatic N) is 1. The standard InChI is InChI=1S/C13H24N2O2/c1-4-7-14-12-10-17-9-11(12)13(16)15(6-3)8-5-2/h5,11-12,14H,2,4,6-10H2,1,3H3. The molecule has 1 fully saturated rings. The molecule has 1 heterocycles. The number of ether oxygens (including phenoxy) is 1. The molecule has 1 aliphatic rings. The van der Waals surface area contributed by atoms with Gasteiger partial charge >= 0.3 is 0 Å². The van der Waals surface area contributed by atoms with Gasteiger partial charge in [0, 0.05) is 19.1 Å². The largest absolute Gasteiger partial charge is 0.379 e. The quantitative estimate of drug-likeness (QED) is 0.676. The Morgan fingerprint density at radius 3 is 2.88 bits per heavy atom. The third-order valence-corrected chi connectivity index (χ3v) is 3.10. The molecule has 2 atom stereocenters. The highest BCUT2D eigenvalue weighted by Gasteiger charge is 2.35. The molecule has 17 heavy (non-hydrogen) atoms. The number of carbonyl (C=O) groups is 1. The molecule has 0 saturated carbocycles. The van der Waals surface area contributed by atoms with Crippen molar-refractivity contribution in [1.29, 1.82) is 0 Å². The maximum Gasteiger partial charge on any atom is 0.229 e. The minimum absolute atomic E-state index is 0.0403. The van der Waals surface area contributed by atoms with Crippen molar-refractivity contribution in [3.63, 3.8) is 0 Å². The van der Waals surface area contributed by atoms with Crippen LogP contribution < -0.4 is 5.32 Å². The van der Waals surface area contributed by atoms with Crippen LogP contribution in [0.2, 0.25) is 0 Å². The van der Waals surface area contributed by atoms with Crippen LogP contribution in [-0.2, 0) is 9.53 Å². The van der Waals surface area contributed by atoms with Crippen molar-refractivity contribution in [2.75, 3.05) is 32.8 Å². The van der Waals surface area contributed by atoms with E-state index >= 15 is 0 Å². The first kappa shape index (κ1) is 14.2. The highest BCUT2D eigenvalue weighted by atomic mass is 16.5. The van der Waals surface area contributed by atoms with E-state index in [4.69, 9.17) is 4.74 Å². The van der Waals surface area contributed by atoms with Crippen molar-refractivity contribution < 1.29 is 9.53 Å². The second-order valence-corrected chi connectivity index (χ2v) is 4.37. The van der Waals surface area contributed by atoms with E-state index in [1.54, 1.807) is 6.08 Å². The summed E-state index contributed by atoms with van der Waals surface area (Å²) in [6.07, 6.45) is 2.84. The molecule has 0 bridgehead atoms. The van der Waals surface area contributed by atoms with E-state index in [1.807, 2.05) is 11.8 Å². The van der Waals surface area contributed by atoms with Crippen LogP contribution in [0.1, 0.15) is 20.3 Å². The van der Waals surface area contributed by atoms with Crippen LogP contribution in [0.15, 0.2) is 12.7 Å². The van der Waals surface area contributed by atoms with Crippen molar-refractivity contribution in [1.82, 2.24) is 10.2 Å². The maximum absolute atomic E-state index is 12.3. The molecule has 4 heteroatoms. The van der Waals surface area contributed by atoms with Gasteiger partial charge in [0.25, 0.3) is 0 Å². The molecule has 0 aromatic carbocycles. The molecule has 0 aliphatic carbocycles. The van der Waals surface area contributed by atoms with Crippen molar-refractivity contribution in [3.8, 4) is 0 Å². The molecule has 1 rings (SSSR count). The summed E-state index contributed by atoms with van der Waals surface area (Å²) in [5.41, 5.74) is 0. The second kappa shape index (κ2) is 7.45. The number of hydrogen-bond acceptors (Lipinski definition) is 3. The summed E-state index contributed by atoms with van der Waals surface area (Å²) in [4.78, 5) is 14.1. The average Bonchev–Trinajstić information content (AvgIpc) is 2.80. The first-order valence-corrected chi connectivity index (χ1v) is 6.45. The van der Waals surface area contributed by atoms with Gasteiger partial charge in [-0.25, -0.2) is 0 Å². The van der Waals surface area contributed by atoms with E-state index in [0.29, 0.717) is 19.8 Å². The lowest BCUT2D eigenvalue weighted by Gasteiger charge is -2.25. The third kappa shape index (κ3) is 3.82. The third-order valence-electron chi connectivity index (χ3n) is 3.10. The Morgan fingerprint density at radius 2 is 2.29 bits per heavy atom. The van der Waals surface area contributed by atoms with Gasteiger partial charge < -0.3 is 15.0 Å². The predicted octanol–water partition coefficient (Wildman–Crippen LogP) is 1.04. The zero-order chi connectivity index (χ0) is 12.7. The minimum Gasteiger partial charge on any atom is -0.379 e. The smallest absolute Gasteiger partial charge is 0.229 e. The van der Waals surface area contributed by atoms with Gasteiger partial charge in [-0.15, -0.1) is 6.58 Å². The first-order valence-electron chi connectivity index (χ1n) is 6.45. The molecule has 4 nitrogen and oxygen atoms in total. The Bertz CT molecular complexity index is 256. The Morgan fingerprint density at radius 1 is 1.53 bits per heavy atom. The van der Waals surface area contributed by atoms with Gasteiger partial charge in [-0.05, 0) is 19.9 Å². The first-order chi connectivity index (χ1) is 8.24. The van der Waals surface area contributed by atoms with Gasteiger partial charge in [0.1, 0.15) is 0 Å². The second-order valence-electron chi connectivity index (χ2n) is 4.37. The van der Waals surface area contributed by atoms with E-state index < -0.39 is 0 Å². The fourth-order valence-corrected chi connectivity index (χ4v) is 2.09. The van der Waals surface area contributed by atoms with Crippen LogP contribution in [-0.4, -0.2) is 49.7 Å². The number of amides is 1. The Labute approximate surface area is 104 Å². The van der Waals surface area contributed by atoms with Gasteiger partial charge in [0.15, 0.2) is 0 Å². The monoisotopic (exact) mass is 240 g/mol. The van der Waals surface area contributed by atoms with Crippen LogP contribution >= 0.6 is 0 Å². The zero-order valence-corrected chi connectivity index (χ0v) is 10.9. The van der Waals surface area contributed by atoms with Crippen molar-refractivity contribution in [2.24, 2.45) is 5.92 Å². The van der Waals surface area contributed by atoms with E-state index in [0.717, 1.165) is 19.5 Å². The molecule has 1 amide bonds. The summed E-state index contributed by atoms with van der Waals surface area (Å²) < 4.78 is 5.42. The van der Waals surface area contributed by atoms with E-state index in [1.165, 1.54) is 0 Å². The van der Waals surface area contributed by atoms with E-state index in [-0.39, 0.29) is 17.9 Å². The molecule has 0 radical (unpaired) electrons. The van der Waals surface area contributed by atoms with Gasteiger partial charge in [-0.2, -0.15) is 0 Å². The molecular formula is C13H24N2O2. The lowest BCUT2D eigenvalue weighted by Crippen LogP contribution is -2.46. The summed E-state index contributed by atoms with van der Waals surface area (Å²) in [7, 11) is 0. The van der Waals surface area contributed by atoms with E-state index in [9.17, 15) is 4.79 Å². The lowest BCUT2D eigenvalue weighted by atomic mass is 10.0. The van der Waals surface area contributed by atoms with Gasteiger partial charge in [-0.1, -0.05) is 13.0 Å². The summed E-state index contributed by atoms with van der Waals surface area (Å²) in [5.74, 6) is 0.139. The van der Waals surface area contributed by atoms with Crippen molar-refractivity contribution in [2.45, 2.75) is 26.3 Å². The molecule has 1 aliphatic heterocycles. The normalized spacial score (nSPS) is 23.6. The average molecular weight is 240 g/mol. The molecule has 1 saturated heterocycles. The molecule has 0 aromatic heterocycles. The molecule has 1 N–H and O–H groups in total. The molecule has 98 valence electrons. The van der Waals surface area contributed by atoms with Crippen molar-refractivity contribution in [3.05, 3.63) is 12.7 Å². The molecule has 0 aromatic rings. The van der Waals surface area contributed by atoms with Crippen LogP contribution in [0.3, 0.4) is 0 Å². The topological polar surface area (TPSA) is 41.6 Å². The molecule has 2 unspecified atom stereocenters. The number of rotatable bonds is 7. The summed E-state index contributed by atoms with van der Waals surface area (Å²) >= 11 is 0. The van der Waals surface area contributed by atoms with E-state index in [2.05, 4.69) is 18.8 Å². The fourth-order valence-electron chi connectivity index (χ4n) is 2.09. The van der Waals surface area contributed by atoms with Crippen molar-refractivity contribution >= 4 is 5.91 Å². The van der Waals surface area contributed by atoms with Crippen LogP contribution in [0.4, 0.5) is 0 Å². The van der Waals surface area contributed by atoms with Gasteiger partial charge in [-0.3, -0.25) is 4.79 Å². The zero-order valence-electron chi connectivity index (χ0n) is 10.9. The highest BCUT2D eigenvalue weighted by Crippen LogP contribution is 2.16. The summed E-state index contributed by atoms with van der Waals surface area (Å²) in [5, 5.41) is 3.39. The maximum atomic E-state index is 12.3. The fraction of sp³-hybridized carbons (Fsp3) is 0.769. The van der Waals surface area contributed by atoms with Crippen LogP contribution in [0.25, 0.3) is 0 Å². The van der Waals surface area contributed by atoms with Crippen LogP contribution in [0, 0.1) is 5.92 Å². The number of hydrogen-bond donors (Lipinski definition) is 1. The minimum atomic E-state index is -0.0403. The summed E-state index contributed by atoms with van der Waals surface area (Å²) in [6.45, 7) is 11.3. The predicted molar refractivity (Wildman–Crippen MR) is 68.8 cm³/mol. The number of nitrogens with one attached hydrogen (secondary N) is 1. The van der Waals surface area contributed by atoms with Gasteiger partial charge in [0.2, 0.25) is 5.91 Å². The van der Waals surface area contributed by atoms with Crippen LogP contribution in [0.5, 0.6) is 0 Å². The number of likely N-dealkylation sites (N-methyl/N-ethyl adjacent to an activating group) is 1. The SMILES string of the molecule is C=CCN(CC)C(=O)C1COCC1NCCC. The number of carbonyl (C=O) groups excluding carboxylic acids is 1. The van der Waals surface area contributed by atoms with Gasteiger partial charge in [0.05, 0.1) is 19.1 Å².